The summed E-state index contributed by atoms with van der Waals surface area (Å²) in [6.45, 7) is 0.810. The molecule has 0 aliphatic carbocycles. The first-order valence-corrected chi connectivity index (χ1v) is 9.93. The molecule has 3 aromatic heterocycles. The standard InChI is InChI=1S/C21H19N3O4S/c1-26-16-8-6-15(7-9-16)20-22-19(28-23-20)10-11-24(14-17-4-2-12-27-17)21(25)18-5-3-13-29-18/h2-9,12-13H,10-11,14H2,1H3. The summed E-state index contributed by atoms with van der Waals surface area (Å²) in [5.41, 5.74) is 0.836. The number of carbonyl (C=O) groups excluding carboxylic acids is 1. The van der Waals surface area contributed by atoms with Gasteiger partial charge in [0.15, 0.2) is 0 Å². The van der Waals surface area contributed by atoms with Crippen molar-refractivity contribution < 1.29 is 18.5 Å². The Labute approximate surface area is 171 Å². The van der Waals surface area contributed by atoms with Crippen LogP contribution in [0.4, 0.5) is 0 Å². The number of aromatic nitrogens is 2. The Morgan fingerprint density at radius 1 is 1.17 bits per heavy atom. The van der Waals surface area contributed by atoms with Gasteiger partial charge in [-0.2, -0.15) is 4.98 Å². The van der Waals surface area contributed by atoms with Gasteiger partial charge in [0.1, 0.15) is 11.5 Å². The Kier molecular flexibility index (Phi) is 5.71. The van der Waals surface area contributed by atoms with Gasteiger partial charge in [-0.15, -0.1) is 11.3 Å². The fraction of sp³-hybridized carbons (Fsp3) is 0.190. The third-order valence-corrected chi connectivity index (χ3v) is 5.22. The highest BCUT2D eigenvalue weighted by atomic mass is 32.1. The van der Waals surface area contributed by atoms with Crippen molar-refractivity contribution in [2.45, 2.75) is 13.0 Å². The van der Waals surface area contributed by atoms with Crippen LogP contribution in [0.3, 0.4) is 0 Å². The number of furan rings is 1. The van der Waals surface area contributed by atoms with Crippen LogP contribution in [-0.2, 0) is 13.0 Å². The van der Waals surface area contributed by atoms with Crippen molar-refractivity contribution in [2.75, 3.05) is 13.7 Å². The fourth-order valence-corrected chi connectivity index (χ4v) is 3.53. The van der Waals surface area contributed by atoms with Crippen molar-refractivity contribution in [3.8, 4) is 17.1 Å². The first-order chi connectivity index (χ1) is 14.2. The molecule has 0 N–H and O–H groups in total. The molecule has 0 spiro atoms. The highest BCUT2D eigenvalue weighted by Crippen LogP contribution is 2.20. The minimum atomic E-state index is -0.0497. The highest BCUT2D eigenvalue weighted by Gasteiger charge is 2.19. The molecule has 0 aliphatic heterocycles. The number of thiophene rings is 1. The fourth-order valence-electron chi connectivity index (χ4n) is 2.84. The van der Waals surface area contributed by atoms with E-state index in [0.29, 0.717) is 36.1 Å². The number of nitrogens with zero attached hydrogens (tertiary/aromatic N) is 3. The molecule has 29 heavy (non-hydrogen) atoms. The zero-order chi connectivity index (χ0) is 20.1. The molecule has 1 aromatic carbocycles. The molecule has 4 aromatic rings. The van der Waals surface area contributed by atoms with Crippen LogP contribution in [0.25, 0.3) is 11.4 Å². The molecular weight excluding hydrogens is 390 g/mol. The van der Waals surface area contributed by atoms with Crippen molar-refractivity contribution in [2.24, 2.45) is 0 Å². The molecule has 0 fully saturated rings. The molecule has 148 valence electrons. The van der Waals surface area contributed by atoms with E-state index in [1.807, 2.05) is 53.9 Å². The normalized spacial score (nSPS) is 10.8. The molecular formula is C21H19N3O4S. The quantitative estimate of drug-likeness (QED) is 0.432. The van der Waals surface area contributed by atoms with Crippen molar-refractivity contribution in [1.29, 1.82) is 0 Å². The summed E-state index contributed by atoms with van der Waals surface area (Å²) >= 11 is 1.41. The predicted octanol–water partition coefficient (Wildman–Crippen LogP) is 4.28. The minimum absolute atomic E-state index is 0.0497. The molecule has 8 heteroatoms. The topological polar surface area (TPSA) is 81.6 Å². The van der Waals surface area contributed by atoms with Gasteiger partial charge in [-0.25, -0.2) is 0 Å². The van der Waals surface area contributed by atoms with Crippen LogP contribution in [0, 0.1) is 0 Å². The zero-order valence-corrected chi connectivity index (χ0v) is 16.6. The molecule has 3 heterocycles. The summed E-state index contributed by atoms with van der Waals surface area (Å²) < 4.78 is 16.0. The monoisotopic (exact) mass is 409 g/mol. The van der Waals surface area contributed by atoms with Gasteiger partial charge in [0.2, 0.25) is 11.7 Å². The maximum Gasteiger partial charge on any atom is 0.264 e. The smallest absolute Gasteiger partial charge is 0.264 e. The second kappa shape index (κ2) is 8.74. The van der Waals surface area contributed by atoms with E-state index in [4.69, 9.17) is 13.7 Å². The molecule has 4 rings (SSSR count). The Bertz CT molecular complexity index is 1040. The first-order valence-electron chi connectivity index (χ1n) is 9.05. The number of methoxy groups -OCH3 is 1. The van der Waals surface area contributed by atoms with Crippen molar-refractivity contribution >= 4 is 17.2 Å². The summed E-state index contributed by atoms with van der Waals surface area (Å²) in [4.78, 5) is 19.7. The maximum atomic E-state index is 12.9. The maximum absolute atomic E-state index is 12.9. The molecule has 0 saturated carbocycles. The SMILES string of the molecule is COc1ccc(-c2noc(CCN(Cc3ccco3)C(=O)c3cccs3)n2)cc1. The van der Waals surface area contributed by atoms with E-state index in [2.05, 4.69) is 10.1 Å². The number of amides is 1. The van der Waals surface area contributed by atoms with Crippen LogP contribution < -0.4 is 4.74 Å². The average molecular weight is 409 g/mol. The lowest BCUT2D eigenvalue weighted by atomic mass is 10.2. The Morgan fingerprint density at radius 3 is 2.72 bits per heavy atom. The second-order valence-corrected chi connectivity index (χ2v) is 7.22. The van der Waals surface area contributed by atoms with E-state index in [1.165, 1.54) is 11.3 Å². The third-order valence-electron chi connectivity index (χ3n) is 4.36. The Hall–Kier alpha value is -3.39. The number of hydrogen-bond donors (Lipinski definition) is 0. The number of ether oxygens (including phenoxy) is 1. The van der Waals surface area contributed by atoms with Crippen molar-refractivity contribution in [3.05, 3.63) is 76.7 Å². The minimum Gasteiger partial charge on any atom is -0.497 e. The highest BCUT2D eigenvalue weighted by molar-refractivity contribution is 7.12. The Balaban J connectivity index is 1.45. The first kappa shape index (κ1) is 18.9. The van der Waals surface area contributed by atoms with E-state index >= 15 is 0 Å². The predicted molar refractivity (Wildman–Crippen MR) is 108 cm³/mol. The van der Waals surface area contributed by atoms with Gasteiger partial charge in [0, 0.05) is 18.5 Å². The number of benzene rings is 1. The van der Waals surface area contributed by atoms with E-state index in [0.717, 1.165) is 17.1 Å². The lowest BCUT2D eigenvalue weighted by Gasteiger charge is -2.20. The lowest BCUT2D eigenvalue weighted by Crippen LogP contribution is -2.32. The molecule has 0 radical (unpaired) electrons. The number of hydrogen-bond acceptors (Lipinski definition) is 7. The molecule has 0 bridgehead atoms. The van der Waals surface area contributed by atoms with Crippen LogP contribution in [0.15, 0.2) is 69.1 Å². The zero-order valence-electron chi connectivity index (χ0n) is 15.8. The summed E-state index contributed by atoms with van der Waals surface area (Å²) in [5.74, 6) is 2.41. The summed E-state index contributed by atoms with van der Waals surface area (Å²) in [5, 5.41) is 5.93. The van der Waals surface area contributed by atoms with Gasteiger partial charge >= 0.3 is 0 Å². The summed E-state index contributed by atoms with van der Waals surface area (Å²) in [7, 11) is 1.62. The largest absolute Gasteiger partial charge is 0.497 e. The third kappa shape index (κ3) is 4.55. The summed E-state index contributed by atoms with van der Waals surface area (Å²) in [6.07, 6.45) is 2.04. The van der Waals surface area contributed by atoms with E-state index in [1.54, 1.807) is 18.3 Å². The van der Waals surface area contributed by atoms with Crippen molar-refractivity contribution in [1.82, 2.24) is 15.0 Å². The van der Waals surface area contributed by atoms with Gasteiger partial charge in [-0.05, 0) is 47.8 Å². The van der Waals surface area contributed by atoms with E-state index in [-0.39, 0.29) is 5.91 Å². The summed E-state index contributed by atoms with van der Waals surface area (Å²) in [6, 6.07) is 14.8. The van der Waals surface area contributed by atoms with E-state index < -0.39 is 0 Å². The Morgan fingerprint density at radius 2 is 2.03 bits per heavy atom. The molecule has 0 unspecified atom stereocenters. The van der Waals surface area contributed by atoms with Gasteiger partial charge in [-0.1, -0.05) is 11.2 Å². The average Bonchev–Trinajstić information content (AvgIpc) is 3.53. The lowest BCUT2D eigenvalue weighted by molar-refractivity contribution is 0.0735. The van der Waals surface area contributed by atoms with Gasteiger partial charge in [-0.3, -0.25) is 4.79 Å². The van der Waals surface area contributed by atoms with Crippen LogP contribution in [0.1, 0.15) is 21.3 Å². The van der Waals surface area contributed by atoms with Crippen LogP contribution in [0.5, 0.6) is 5.75 Å². The van der Waals surface area contributed by atoms with E-state index in [9.17, 15) is 4.79 Å². The van der Waals surface area contributed by atoms with Gasteiger partial charge in [0.25, 0.3) is 5.91 Å². The molecule has 1 amide bonds. The number of carbonyl (C=O) groups is 1. The van der Waals surface area contributed by atoms with Crippen LogP contribution >= 0.6 is 11.3 Å². The van der Waals surface area contributed by atoms with Crippen LogP contribution in [-0.4, -0.2) is 34.6 Å². The van der Waals surface area contributed by atoms with Gasteiger partial charge < -0.3 is 18.6 Å². The van der Waals surface area contributed by atoms with Crippen molar-refractivity contribution in [3.63, 3.8) is 0 Å². The molecule has 0 saturated heterocycles. The molecule has 0 atom stereocenters. The van der Waals surface area contributed by atoms with Crippen LogP contribution in [0.2, 0.25) is 0 Å². The molecule has 7 nitrogen and oxygen atoms in total. The number of rotatable bonds is 8. The second-order valence-electron chi connectivity index (χ2n) is 6.27. The molecule has 0 aliphatic rings. The van der Waals surface area contributed by atoms with Gasteiger partial charge in [0.05, 0.1) is 24.8 Å².